The highest BCUT2D eigenvalue weighted by molar-refractivity contribution is 7.92. The second-order valence-corrected chi connectivity index (χ2v) is 6.79. The maximum atomic E-state index is 11.4. The van der Waals surface area contributed by atoms with Gasteiger partial charge in [0.1, 0.15) is 5.82 Å². The predicted molar refractivity (Wildman–Crippen MR) is 85.8 cm³/mol. The average molecular weight is 305 g/mol. The van der Waals surface area contributed by atoms with Crippen molar-refractivity contribution in [2.24, 2.45) is 0 Å². The summed E-state index contributed by atoms with van der Waals surface area (Å²) in [5.74, 6) is 0.746. The zero-order valence-electron chi connectivity index (χ0n) is 12.1. The molecule has 1 heterocycles. The number of rotatable bonds is 6. The average Bonchev–Trinajstić information content (AvgIpc) is 2.48. The summed E-state index contributed by atoms with van der Waals surface area (Å²) in [5, 5.41) is 3.20. The summed E-state index contributed by atoms with van der Waals surface area (Å²) in [7, 11) is -3.26. The molecule has 2 rings (SSSR count). The molecule has 0 amide bonds. The first kappa shape index (κ1) is 15.3. The van der Waals surface area contributed by atoms with Crippen LogP contribution in [0.2, 0.25) is 0 Å². The summed E-state index contributed by atoms with van der Waals surface area (Å²) < 4.78 is 25.3. The number of aromatic nitrogens is 1. The number of nitrogens with one attached hydrogen (secondary N) is 2. The van der Waals surface area contributed by atoms with Gasteiger partial charge >= 0.3 is 0 Å². The van der Waals surface area contributed by atoms with Crippen LogP contribution in [0, 0.1) is 6.92 Å². The van der Waals surface area contributed by atoms with Crippen LogP contribution in [-0.4, -0.2) is 19.2 Å². The molecule has 6 heteroatoms. The molecule has 5 nitrogen and oxygen atoms in total. The summed E-state index contributed by atoms with van der Waals surface area (Å²) in [5.41, 5.74) is 2.86. The number of aryl methyl sites for hydroxylation is 1. The molecule has 1 aromatic heterocycles. The van der Waals surface area contributed by atoms with Crippen molar-refractivity contribution in [2.75, 3.05) is 15.8 Å². The van der Waals surface area contributed by atoms with Gasteiger partial charge in [-0.15, -0.1) is 0 Å². The van der Waals surface area contributed by atoms with Crippen LogP contribution < -0.4 is 10.0 Å². The van der Waals surface area contributed by atoms with E-state index in [0.29, 0.717) is 18.1 Å². The summed E-state index contributed by atoms with van der Waals surface area (Å²) >= 11 is 0. The monoisotopic (exact) mass is 305 g/mol. The third-order valence-electron chi connectivity index (χ3n) is 3.01. The smallest absolute Gasteiger partial charge is 0.232 e. The van der Waals surface area contributed by atoms with Crippen LogP contribution in [0.15, 0.2) is 42.6 Å². The standard InChI is InChI=1S/C15H19N3O2S/c1-3-21(19,20)18-14-8-9-15(17-11-14)16-10-13-6-4-12(2)5-7-13/h4-9,11,18H,3,10H2,1-2H3,(H,16,17). The molecule has 0 aliphatic carbocycles. The lowest BCUT2D eigenvalue weighted by molar-refractivity contribution is 0.602. The highest BCUT2D eigenvalue weighted by atomic mass is 32.2. The molecule has 2 N–H and O–H groups in total. The van der Waals surface area contributed by atoms with E-state index in [0.717, 1.165) is 5.56 Å². The number of sulfonamides is 1. The van der Waals surface area contributed by atoms with Gasteiger partial charge in [0.15, 0.2) is 0 Å². The van der Waals surface area contributed by atoms with Crippen molar-refractivity contribution in [3.8, 4) is 0 Å². The first-order valence-electron chi connectivity index (χ1n) is 6.74. The summed E-state index contributed by atoms with van der Waals surface area (Å²) in [4.78, 5) is 4.19. The van der Waals surface area contributed by atoms with Crippen molar-refractivity contribution in [3.05, 3.63) is 53.7 Å². The van der Waals surface area contributed by atoms with E-state index in [2.05, 4.69) is 46.2 Å². The lowest BCUT2D eigenvalue weighted by Crippen LogP contribution is -2.14. The molecule has 0 unspecified atom stereocenters. The lowest BCUT2D eigenvalue weighted by atomic mass is 10.1. The van der Waals surface area contributed by atoms with Crippen LogP contribution in [0.1, 0.15) is 18.1 Å². The van der Waals surface area contributed by atoms with E-state index >= 15 is 0 Å². The molecular formula is C15H19N3O2S. The molecule has 21 heavy (non-hydrogen) atoms. The van der Waals surface area contributed by atoms with Crippen LogP contribution in [0.3, 0.4) is 0 Å². The van der Waals surface area contributed by atoms with Crippen molar-refractivity contribution >= 4 is 21.5 Å². The van der Waals surface area contributed by atoms with Gasteiger partial charge in [0.2, 0.25) is 10.0 Å². The van der Waals surface area contributed by atoms with Crippen LogP contribution in [0.5, 0.6) is 0 Å². The van der Waals surface area contributed by atoms with Gasteiger partial charge in [-0.3, -0.25) is 4.72 Å². The highest BCUT2D eigenvalue weighted by Gasteiger charge is 2.06. The Balaban J connectivity index is 1.95. The number of benzene rings is 1. The highest BCUT2D eigenvalue weighted by Crippen LogP contribution is 2.12. The molecule has 0 saturated heterocycles. The van der Waals surface area contributed by atoms with Crippen LogP contribution in [0.4, 0.5) is 11.5 Å². The van der Waals surface area contributed by atoms with Gasteiger partial charge in [-0.05, 0) is 31.5 Å². The Hall–Kier alpha value is -2.08. The SMILES string of the molecule is CCS(=O)(=O)Nc1ccc(NCc2ccc(C)cc2)nc1. The molecule has 0 atom stereocenters. The summed E-state index contributed by atoms with van der Waals surface area (Å²) in [6.45, 7) is 4.31. The molecule has 2 aromatic rings. The van der Waals surface area contributed by atoms with Crippen molar-refractivity contribution in [2.45, 2.75) is 20.4 Å². The number of nitrogens with zero attached hydrogens (tertiary/aromatic N) is 1. The van der Waals surface area contributed by atoms with E-state index in [4.69, 9.17) is 0 Å². The van der Waals surface area contributed by atoms with E-state index in [1.807, 2.05) is 0 Å². The summed E-state index contributed by atoms with van der Waals surface area (Å²) in [6.07, 6.45) is 1.50. The Morgan fingerprint density at radius 1 is 1.10 bits per heavy atom. The first-order valence-corrected chi connectivity index (χ1v) is 8.40. The normalized spacial score (nSPS) is 11.1. The zero-order chi connectivity index (χ0) is 15.3. The minimum atomic E-state index is -3.26. The van der Waals surface area contributed by atoms with E-state index < -0.39 is 10.0 Å². The van der Waals surface area contributed by atoms with Gasteiger partial charge in [-0.2, -0.15) is 0 Å². The minimum absolute atomic E-state index is 0.0421. The summed E-state index contributed by atoms with van der Waals surface area (Å²) in [6, 6.07) is 11.7. The van der Waals surface area contributed by atoms with Crippen LogP contribution in [-0.2, 0) is 16.6 Å². The molecule has 0 bridgehead atoms. The predicted octanol–water partition coefficient (Wildman–Crippen LogP) is 2.76. The van der Waals surface area contributed by atoms with Crippen LogP contribution in [0.25, 0.3) is 0 Å². The molecule has 0 radical (unpaired) electrons. The molecule has 0 aliphatic rings. The first-order chi connectivity index (χ1) is 9.98. The molecule has 112 valence electrons. The quantitative estimate of drug-likeness (QED) is 0.861. The van der Waals surface area contributed by atoms with Crippen molar-refractivity contribution in [1.29, 1.82) is 0 Å². The molecule has 1 aromatic carbocycles. The van der Waals surface area contributed by atoms with Gasteiger partial charge in [0.25, 0.3) is 0 Å². The van der Waals surface area contributed by atoms with E-state index in [-0.39, 0.29) is 5.75 Å². The van der Waals surface area contributed by atoms with Gasteiger partial charge in [0, 0.05) is 6.54 Å². The molecule has 0 saturated carbocycles. The number of anilines is 2. The third kappa shape index (κ3) is 4.75. The fourth-order valence-electron chi connectivity index (χ4n) is 1.71. The number of pyridine rings is 1. The molecule has 0 fully saturated rings. The second-order valence-electron chi connectivity index (χ2n) is 4.78. The largest absolute Gasteiger partial charge is 0.366 e. The van der Waals surface area contributed by atoms with Gasteiger partial charge in [0.05, 0.1) is 17.6 Å². The van der Waals surface area contributed by atoms with E-state index in [1.165, 1.54) is 11.8 Å². The van der Waals surface area contributed by atoms with Gasteiger partial charge in [-0.25, -0.2) is 13.4 Å². The van der Waals surface area contributed by atoms with Crippen LogP contribution >= 0.6 is 0 Å². The Bertz CT molecular complexity index is 680. The molecular weight excluding hydrogens is 286 g/mol. The number of hydrogen-bond donors (Lipinski definition) is 2. The van der Waals surface area contributed by atoms with Crippen molar-refractivity contribution in [3.63, 3.8) is 0 Å². The number of hydrogen-bond acceptors (Lipinski definition) is 4. The maximum Gasteiger partial charge on any atom is 0.232 e. The minimum Gasteiger partial charge on any atom is -0.366 e. The Kier molecular flexibility index (Phi) is 4.80. The molecule has 0 aliphatic heterocycles. The Morgan fingerprint density at radius 2 is 1.81 bits per heavy atom. The fraction of sp³-hybridized carbons (Fsp3) is 0.267. The van der Waals surface area contributed by atoms with E-state index in [1.54, 1.807) is 19.1 Å². The topological polar surface area (TPSA) is 71.1 Å². The van der Waals surface area contributed by atoms with Crippen molar-refractivity contribution < 1.29 is 8.42 Å². The fourth-order valence-corrected chi connectivity index (χ4v) is 2.33. The lowest BCUT2D eigenvalue weighted by Gasteiger charge is -2.08. The Labute approximate surface area is 125 Å². The van der Waals surface area contributed by atoms with Gasteiger partial charge < -0.3 is 5.32 Å². The van der Waals surface area contributed by atoms with E-state index in [9.17, 15) is 8.42 Å². The maximum absolute atomic E-state index is 11.4. The van der Waals surface area contributed by atoms with Gasteiger partial charge in [-0.1, -0.05) is 29.8 Å². The zero-order valence-corrected chi connectivity index (χ0v) is 12.9. The van der Waals surface area contributed by atoms with Crippen molar-refractivity contribution in [1.82, 2.24) is 4.98 Å². The Morgan fingerprint density at radius 3 is 2.38 bits per heavy atom. The molecule has 0 spiro atoms. The second kappa shape index (κ2) is 6.58. The third-order valence-corrected chi connectivity index (χ3v) is 4.32.